The maximum absolute atomic E-state index is 2.52. The van der Waals surface area contributed by atoms with Crippen LogP contribution in [-0.4, -0.2) is 23.8 Å². The average Bonchev–Trinajstić information content (AvgIpc) is 1.88. The highest BCUT2D eigenvalue weighted by Gasteiger charge is 2.38. The van der Waals surface area contributed by atoms with Gasteiger partial charge in [-0.3, -0.25) is 0 Å². The SMILES string of the molecule is C[Si](C)(C)[S+]1CCCSC1. The van der Waals surface area contributed by atoms with Crippen LogP contribution in [0.25, 0.3) is 0 Å². The zero-order chi connectivity index (χ0) is 7.61. The summed E-state index contributed by atoms with van der Waals surface area (Å²) >= 11 is 2.18. The summed E-state index contributed by atoms with van der Waals surface area (Å²) in [4.78, 5) is 0. The summed E-state index contributed by atoms with van der Waals surface area (Å²) in [7, 11) is 0.0905. The fourth-order valence-electron chi connectivity index (χ4n) is 1.04. The van der Waals surface area contributed by atoms with Crippen molar-refractivity contribution in [2.45, 2.75) is 26.1 Å². The second-order valence-corrected chi connectivity index (χ2v) is 16.5. The third kappa shape index (κ3) is 2.51. The first kappa shape index (κ1) is 9.01. The lowest BCUT2D eigenvalue weighted by atomic mass is 10.6. The molecule has 1 fully saturated rings. The molecule has 0 radical (unpaired) electrons. The van der Waals surface area contributed by atoms with E-state index in [0.717, 1.165) is 10.3 Å². The summed E-state index contributed by atoms with van der Waals surface area (Å²) < 4.78 is 0. The molecule has 1 aliphatic rings. The van der Waals surface area contributed by atoms with Gasteiger partial charge in [0, 0.05) is 5.75 Å². The number of hydrogen-bond donors (Lipinski definition) is 0. The van der Waals surface area contributed by atoms with Crippen molar-refractivity contribution in [3.8, 4) is 0 Å². The third-order valence-corrected chi connectivity index (χ3v) is 13.5. The number of rotatable bonds is 1. The Morgan fingerprint density at radius 2 is 2.00 bits per heavy atom. The first-order valence-electron chi connectivity index (χ1n) is 3.86. The summed E-state index contributed by atoms with van der Waals surface area (Å²) in [6.07, 6.45) is 1.48. The molecule has 0 aromatic rings. The molecule has 0 aromatic heterocycles. The van der Waals surface area contributed by atoms with Gasteiger partial charge in [-0.1, -0.05) is 10.3 Å². The molecule has 0 aromatic carbocycles. The minimum atomic E-state index is -0.749. The monoisotopic (exact) mass is 193 g/mol. The Bertz CT molecular complexity index is 103. The summed E-state index contributed by atoms with van der Waals surface area (Å²) in [5.41, 5.74) is 0. The first-order valence-corrected chi connectivity index (χ1v) is 10.8. The molecule has 0 spiro atoms. The highest BCUT2D eigenvalue weighted by molar-refractivity contribution is 8.32. The minimum absolute atomic E-state index is 0.749. The van der Waals surface area contributed by atoms with E-state index in [0.29, 0.717) is 0 Å². The van der Waals surface area contributed by atoms with Crippen LogP contribution in [0.5, 0.6) is 0 Å². The largest absolute Gasteiger partial charge is 0.288 e. The maximum Gasteiger partial charge on any atom is 0.288 e. The van der Waals surface area contributed by atoms with Gasteiger partial charge in [0.1, 0.15) is 5.08 Å². The molecule has 1 unspecified atom stereocenters. The molecule has 1 rings (SSSR count). The molecule has 1 atom stereocenters. The molecule has 3 heteroatoms. The number of thioether (sulfide) groups is 1. The Hall–Kier alpha value is 0.917. The lowest BCUT2D eigenvalue weighted by molar-refractivity contribution is 1.11. The van der Waals surface area contributed by atoms with Gasteiger partial charge in [0.05, 0.1) is 5.75 Å². The molecule has 0 N–H and O–H groups in total. The van der Waals surface area contributed by atoms with E-state index in [1.165, 1.54) is 17.3 Å². The molecule has 0 amide bonds. The van der Waals surface area contributed by atoms with Crippen molar-refractivity contribution < 1.29 is 0 Å². The van der Waals surface area contributed by atoms with E-state index in [9.17, 15) is 0 Å². The zero-order valence-electron chi connectivity index (χ0n) is 7.14. The lowest BCUT2D eigenvalue weighted by Crippen LogP contribution is -2.39. The van der Waals surface area contributed by atoms with Crippen molar-refractivity contribution in [1.29, 1.82) is 0 Å². The number of hydrogen-bond acceptors (Lipinski definition) is 1. The minimum Gasteiger partial charge on any atom is -0.110 e. The normalized spacial score (nSPS) is 28.5. The molecule has 0 bridgehead atoms. The molecular weight excluding hydrogens is 176 g/mol. The van der Waals surface area contributed by atoms with Gasteiger partial charge in [0.25, 0.3) is 7.22 Å². The summed E-state index contributed by atoms with van der Waals surface area (Å²) in [5, 5.41) is 1.48. The van der Waals surface area contributed by atoms with Gasteiger partial charge in [0.2, 0.25) is 0 Å². The van der Waals surface area contributed by atoms with E-state index in [1.807, 2.05) is 0 Å². The van der Waals surface area contributed by atoms with Crippen molar-refractivity contribution in [2.75, 3.05) is 16.6 Å². The van der Waals surface area contributed by atoms with Crippen LogP contribution in [0.15, 0.2) is 0 Å². The predicted octanol–water partition coefficient (Wildman–Crippen LogP) is 2.53. The van der Waals surface area contributed by atoms with Gasteiger partial charge in [0.15, 0.2) is 0 Å². The molecule has 1 heterocycles. The lowest BCUT2D eigenvalue weighted by Gasteiger charge is -2.22. The van der Waals surface area contributed by atoms with E-state index >= 15 is 0 Å². The van der Waals surface area contributed by atoms with Crippen LogP contribution >= 0.6 is 11.8 Å². The summed E-state index contributed by atoms with van der Waals surface area (Å²) in [6, 6.07) is 0. The standard InChI is InChI=1S/C7H17S2Si/c1-10(2,3)9-6-4-5-8-7-9/h4-7H2,1-3H3/q+1. The Kier molecular flexibility index (Phi) is 3.19. The predicted molar refractivity (Wildman–Crippen MR) is 57.5 cm³/mol. The highest BCUT2D eigenvalue weighted by atomic mass is 32.4. The van der Waals surface area contributed by atoms with E-state index in [2.05, 4.69) is 31.4 Å². The van der Waals surface area contributed by atoms with Gasteiger partial charge < -0.3 is 0 Å². The molecular formula is C7H17S2Si+. The van der Waals surface area contributed by atoms with Crippen molar-refractivity contribution in [3.63, 3.8) is 0 Å². The average molecular weight is 193 g/mol. The van der Waals surface area contributed by atoms with Gasteiger partial charge >= 0.3 is 0 Å². The van der Waals surface area contributed by atoms with Crippen LogP contribution in [0.4, 0.5) is 0 Å². The van der Waals surface area contributed by atoms with Crippen LogP contribution < -0.4 is 0 Å². The zero-order valence-corrected chi connectivity index (χ0v) is 9.78. The third-order valence-electron chi connectivity index (χ3n) is 1.77. The second-order valence-electron chi connectivity index (χ2n) is 3.69. The molecule has 1 saturated heterocycles. The van der Waals surface area contributed by atoms with E-state index in [1.54, 1.807) is 5.75 Å². The van der Waals surface area contributed by atoms with Crippen LogP contribution in [0.1, 0.15) is 6.42 Å². The topological polar surface area (TPSA) is 0 Å². The fourth-order valence-corrected chi connectivity index (χ4v) is 12.0. The summed E-state index contributed by atoms with van der Waals surface area (Å²) in [5.74, 6) is 2.97. The fraction of sp³-hybridized carbons (Fsp3) is 1.00. The molecule has 1 aliphatic heterocycles. The van der Waals surface area contributed by atoms with E-state index in [4.69, 9.17) is 0 Å². The first-order chi connectivity index (χ1) is 4.61. The van der Waals surface area contributed by atoms with Gasteiger partial charge in [-0.2, -0.15) is 0 Å². The molecule has 0 aliphatic carbocycles. The van der Waals surface area contributed by atoms with Gasteiger partial charge in [-0.05, 0) is 26.1 Å². The quantitative estimate of drug-likeness (QED) is 0.455. The van der Waals surface area contributed by atoms with Crippen molar-refractivity contribution >= 4 is 29.3 Å². The Morgan fingerprint density at radius 1 is 1.30 bits per heavy atom. The van der Waals surface area contributed by atoms with E-state index in [-0.39, 0.29) is 0 Å². The van der Waals surface area contributed by atoms with Crippen molar-refractivity contribution in [3.05, 3.63) is 0 Å². The highest BCUT2D eigenvalue weighted by Crippen LogP contribution is 2.25. The van der Waals surface area contributed by atoms with Crippen LogP contribution in [-0.2, 0) is 10.3 Å². The smallest absolute Gasteiger partial charge is 0.110 e. The Labute approximate surface area is 72.2 Å². The van der Waals surface area contributed by atoms with Crippen molar-refractivity contribution in [1.82, 2.24) is 0 Å². The van der Waals surface area contributed by atoms with Crippen LogP contribution in [0.2, 0.25) is 19.6 Å². The summed E-state index contributed by atoms with van der Waals surface area (Å²) in [6.45, 7) is 7.55. The molecule has 0 nitrogen and oxygen atoms in total. The molecule has 10 heavy (non-hydrogen) atoms. The van der Waals surface area contributed by atoms with Crippen molar-refractivity contribution in [2.24, 2.45) is 0 Å². The Balaban J connectivity index is 2.39. The van der Waals surface area contributed by atoms with Gasteiger partial charge in [-0.25, -0.2) is 0 Å². The van der Waals surface area contributed by atoms with Gasteiger partial charge in [-0.15, -0.1) is 11.8 Å². The molecule has 60 valence electrons. The maximum atomic E-state index is 2.52. The van der Waals surface area contributed by atoms with E-state index < -0.39 is 7.22 Å². The second kappa shape index (κ2) is 3.54. The molecule has 0 saturated carbocycles. The van der Waals surface area contributed by atoms with Crippen LogP contribution in [0.3, 0.4) is 0 Å². The Morgan fingerprint density at radius 3 is 2.30 bits per heavy atom. The van der Waals surface area contributed by atoms with Crippen LogP contribution in [0, 0.1) is 0 Å².